The van der Waals surface area contributed by atoms with E-state index in [1.165, 1.54) is 0 Å². The van der Waals surface area contributed by atoms with Gasteiger partial charge in [0.15, 0.2) is 0 Å². The van der Waals surface area contributed by atoms with Crippen LogP contribution in [0.2, 0.25) is 0 Å². The molecule has 4 nitrogen and oxygen atoms in total. The summed E-state index contributed by atoms with van der Waals surface area (Å²) in [6.07, 6.45) is 9.31. The zero-order valence-corrected chi connectivity index (χ0v) is 9.04. The number of allylic oxidation sites excluding steroid dienone is 2. The summed E-state index contributed by atoms with van der Waals surface area (Å²) in [5.74, 6) is -1.04. The van der Waals surface area contributed by atoms with E-state index in [9.17, 15) is 9.90 Å². The predicted molar refractivity (Wildman–Crippen MR) is 61.8 cm³/mol. The van der Waals surface area contributed by atoms with Crippen LogP contribution in [0.15, 0.2) is 37.0 Å². The molecule has 0 spiro atoms. The van der Waals surface area contributed by atoms with Gasteiger partial charge in [-0.1, -0.05) is 30.4 Å². The van der Waals surface area contributed by atoms with E-state index in [1.807, 2.05) is 0 Å². The van der Waals surface area contributed by atoms with Gasteiger partial charge in [0.25, 0.3) is 0 Å². The number of carbonyl (C=O) groups is 1. The lowest BCUT2D eigenvalue weighted by Gasteiger charge is -2.24. The predicted octanol–water partition coefficient (Wildman–Crippen LogP) is 0.838. The minimum absolute atomic E-state index is 0.0313. The number of nitrogens with two attached hydrogens (primary N) is 1. The molecule has 0 heterocycles. The molecule has 1 atom stereocenters. The highest BCUT2D eigenvalue weighted by Gasteiger charge is 2.24. The molecule has 0 aromatic heterocycles. The second kappa shape index (κ2) is 5.09. The summed E-state index contributed by atoms with van der Waals surface area (Å²) < 4.78 is 0. The van der Waals surface area contributed by atoms with Gasteiger partial charge < -0.3 is 15.9 Å². The van der Waals surface area contributed by atoms with Crippen LogP contribution in [0.25, 0.3) is 0 Å². The maximum atomic E-state index is 10.6. The van der Waals surface area contributed by atoms with Crippen molar-refractivity contribution in [3.63, 3.8) is 0 Å². The summed E-state index contributed by atoms with van der Waals surface area (Å²) in [6.45, 7) is 3.57. The summed E-state index contributed by atoms with van der Waals surface area (Å²) in [5, 5.41) is 18.6. The minimum atomic E-state index is -1.01. The Morgan fingerprint density at radius 3 is 2.56 bits per heavy atom. The summed E-state index contributed by atoms with van der Waals surface area (Å²) in [4.78, 5) is 10.6. The molecule has 16 heavy (non-hydrogen) atoms. The van der Waals surface area contributed by atoms with Crippen molar-refractivity contribution in [3.05, 3.63) is 37.0 Å². The summed E-state index contributed by atoms with van der Waals surface area (Å²) in [5.41, 5.74) is 4.45. The van der Waals surface area contributed by atoms with Crippen molar-refractivity contribution in [1.29, 1.82) is 0 Å². The Morgan fingerprint density at radius 2 is 2.12 bits per heavy atom. The van der Waals surface area contributed by atoms with Gasteiger partial charge in [-0.2, -0.15) is 0 Å². The topological polar surface area (TPSA) is 83.5 Å². The Kier molecular flexibility index (Phi) is 4.04. The fourth-order valence-electron chi connectivity index (χ4n) is 1.62. The summed E-state index contributed by atoms with van der Waals surface area (Å²) in [6, 6.07) is -0.870. The molecule has 0 bridgehead atoms. The molecular weight excluding hydrogens is 206 g/mol. The molecule has 0 unspecified atom stereocenters. The first-order chi connectivity index (χ1) is 7.47. The second-order valence-electron chi connectivity index (χ2n) is 4.05. The molecule has 1 aliphatic carbocycles. The SMILES string of the molecule is C=CCC1(O)C=CC(C[C@H](N)C(=O)O)C=C1. The van der Waals surface area contributed by atoms with E-state index in [-0.39, 0.29) is 5.92 Å². The molecule has 4 N–H and O–H groups in total. The van der Waals surface area contributed by atoms with Gasteiger partial charge in [0.2, 0.25) is 0 Å². The molecule has 0 radical (unpaired) electrons. The van der Waals surface area contributed by atoms with Crippen LogP contribution in [0, 0.1) is 5.92 Å². The Labute approximate surface area is 94.8 Å². The molecule has 1 aliphatic rings. The second-order valence-corrected chi connectivity index (χ2v) is 4.05. The number of rotatable bonds is 5. The maximum absolute atomic E-state index is 10.6. The van der Waals surface area contributed by atoms with Crippen molar-refractivity contribution in [2.24, 2.45) is 11.7 Å². The third-order valence-corrected chi connectivity index (χ3v) is 2.58. The van der Waals surface area contributed by atoms with Crippen LogP contribution in [-0.4, -0.2) is 27.8 Å². The van der Waals surface area contributed by atoms with Crippen molar-refractivity contribution in [3.8, 4) is 0 Å². The highest BCUT2D eigenvalue weighted by Crippen LogP contribution is 2.24. The lowest BCUT2D eigenvalue weighted by atomic mass is 9.87. The van der Waals surface area contributed by atoms with Crippen LogP contribution in [0.4, 0.5) is 0 Å². The van der Waals surface area contributed by atoms with E-state index in [0.717, 1.165) is 0 Å². The van der Waals surface area contributed by atoms with E-state index in [0.29, 0.717) is 12.8 Å². The monoisotopic (exact) mass is 223 g/mol. The Balaban J connectivity index is 2.56. The van der Waals surface area contributed by atoms with Gasteiger partial charge >= 0.3 is 5.97 Å². The summed E-state index contributed by atoms with van der Waals surface area (Å²) >= 11 is 0. The molecule has 0 fully saturated rings. The molecule has 88 valence electrons. The average molecular weight is 223 g/mol. The average Bonchev–Trinajstić information content (AvgIpc) is 2.22. The third-order valence-electron chi connectivity index (χ3n) is 2.58. The van der Waals surface area contributed by atoms with Gasteiger partial charge in [-0.3, -0.25) is 4.79 Å². The van der Waals surface area contributed by atoms with E-state index in [1.54, 1.807) is 30.4 Å². The van der Waals surface area contributed by atoms with Gasteiger partial charge in [0.05, 0.1) is 0 Å². The molecule has 0 saturated heterocycles. The number of hydrogen-bond donors (Lipinski definition) is 3. The zero-order chi connectivity index (χ0) is 12.2. The number of hydrogen-bond acceptors (Lipinski definition) is 3. The van der Waals surface area contributed by atoms with Gasteiger partial charge in [0, 0.05) is 6.42 Å². The number of carboxylic acids is 1. The van der Waals surface area contributed by atoms with Crippen LogP contribution in [0.1, 0.15) is 12.8 Å². The molecule has 4 heteroatoms. The van der Waals surface area contributed by atoms with Crippen LogP contribution in [0.3, 0.4) is 0 Å². The maximum Gasteiger partial charge on any atom is 0.320 e. The van der Waals surface area contributed by atoms with Crippen molar-refractivity contribution in [2.75, 3.05) is 0 Å². The molecule has 0 amide bonds. The van der Waals surface area contributed by atoms with Gasteiger partial charge in [-0.05, 0) is 12.3 Å². The Bertz CT molecular complexity index is 319. The highest BCUT2D eigenvalue weighted by molar-refractivity contribution is 5.73. The molecule has 0 aromatic carbocycles. The first-order valence-corrected chi connectivity index (χ1v) is 5.17. The van der Waals surface area contributed by atoms with Crippen molar-refractivity contribution < 1.29 is 15.0 Å². The molecule has 0 saturated carbocycles. The van der Waals surface area contributed by atoms with Crippen LogP contribution in [-0.2, 0) is 4.79 Å². The van der Waals surface area contributed by atoms with Gasteiger partial charge in [0.1, 0.15) is 11.6 Å². The van der Waals surface area contributed by atoms with E-state index < -0.39 is 17.6 Å². The standard InChI is InChI=1S/C12H17NO3/c1-2-5-12(16)6-3-9(4-7-12)8-10(13)11(14)15/h2-4,6-7,9-10,16H,1,5,8,13H2,(H,14,15)/t9?,10-,12?/m0/s1. The van der Waals surface area contributed by atoms with Crippen molar-refractivity contribution >= 4 is 5.97 Å². The Morgan fingerprint density at radius 1 is 1.56 bits per heavy atom. The number of carboxylic acid groups (broad SMARTS) is 1. The number of aliphatic carboxylic acids is 1. The molecule has 0 aromatic rings. The quantitative estimate of drug-likeness (QED) is 0.603. The van der Waals surface area contributed by atoms with E-state index >= 15 is 0 Å². The molecule has 0 aliphatic heterocycles. The first kappa shape index (κ1) is 12.7. The van der Waals surface area contributed by atoms with E-state index in [4.69, 9.17) is 10.8 Å². The summed E-state index contributed by atoms with van der Waals surface area (Å²) in [7, 11) is 0. The molecule has 1 rings (SSSR count). The lowest BCUT2D eigenvalue weighted by Crippen LogP contribution is -2.33. The first-order valence-electron chi connectivity index (χ1n) is 5.17. The molecular formula is C12H17NO3. The minimum Gasteiger partial charge on any atom is -0.480 e. The third kappa shape index (κ3) is 3.32. The number of aliphatic hydroxyl groups is 1. The largest absolute Gasteiger partial charge is 0.480 e. The normalized spacial score (nSPS) is 30.0. The van der Waals surface area contributed by atoms with Crippen LogP contribution in [0.5, 0.6) is 0 Å². The van der Waals surface area contributed by atoms with Crippen LogP contribution >= 0.6 is 0 Å². The lowest BCUT2D eigenvalue weighted by molar-refractivity contribution is -0.138. The fourth-order valence-corrected chi connectivity index (χ4v) is 1.62. The van der Waals surface area contributed by atoms with E-state index in [2.05, 4.69) is 6.58 Å². The fraction of sp³-hybridized carbons (Fsp3) is 0.417. The van der Waals surface area contributed by atoms with Gasteiger partial charge in [-0.15, -0.1) is 6.58 Å². The van der Waals surface area contributed by atoms with Gasteiger partial charge in [-0.25, -0.2) is 0 Å². The smallest absolute Gasteiger partial charge is 0.320 e. The van der Waals surface area contributed by atoms with Crippen LogP contribution < -0.4 is 5.73 Å². The Hall–Kier alpha value is -1.39. The van der Waals surface area contributed by atoms with Crippen molar-refractivity contribution in [2.45, 2.75) is 24.5 Å². The zero-order valence-electron chi connectivity index (χ0n) is 9.04. The van der Waals surface area contributed by atoms with Crippen molar-refractivity contribution in [1.82, 2.24) is 0 Å². The highest BCUT2D eigenvalue weighted by atomic mass is 16.4.